The van der Waals surface area contributed by atoms with E-state index in [1.807, 2.05) is 25.3 Å². The molecular weight excluding hydrogens is 272 g/mol. The first-order valence-electron chi connectivity index (χ1n) is 7.28. The highest BCUT2D eigenvalue weighted by atomic mass is 16.5. The van der Waals surface area contributed by atoms with Gasteiger partial charge in [-0.25, -0.2) is 0 Å². The molecule has 4 rings (SSSR count). The summed E-state index contributed by atoms with van der Waals surface area (Å²) in [4.78, 5) is 7.82. The standard InChI is InChI=1S/C19H16N2O/c1-12-19-16(8-9-20-12)17-11-14(6-7-18(17)21-19)13-4-3-5-15(10-13)22-2/h3-11,21H,1-2H3. The second-order valence-corrected chi connectivity index (χ2v) is 5.44. The van der Waals surface area contributed by atoms with E-state index in [2.05, 4.69) is 46.4 Å². The zero-order chi connectivity index (χ0) is 15.1. The Morgan fingerprint density at radius 3 is 2.68 bits per heavy atom. The monoisotopic (exact) mass is 288 g/mol. The molecular formula is C19H16N2O. The molecule has 108 valence electrons. The molecule has 0 spiro atoms. The first-order chi connectivity index (χ1) is 10.8. The number of aromatic nitrogens is 2. The lowest BCUT2D eigenvalue weighted by Gasteiger charge is -2.05. The Kier molecular flexibility index (Phi) is 2.86. The second kappa shape index (κ2) is 4.88. The number of aryl methyl sites for hydroxylation is 1. The maximum Gasteiger partial charge on any atom is 0.119 e. The molecule has 3 heteroatoms. The molecule has 0 saturated heterocycles. The lowest BCUT2D eigenvalue weighted by atomic mass is 10.0. The Bertz CT molecular complexity index is 985. The topological polar surface area (TPSA) is 37.9 Å². The SMILES string of the molecule is COc1cccc(-c2ccc3[nH]c4c(C)nccc4c3c2)c1. The van der Waals surface area contributed by atoms with Crippen molar-refractivity contribution >= 4 is 21.8 Å². The fraction of sp³-hybridized carbons (Fsp3) is 0.105. The lowest BCUT2D eigenvalue weighted by Crippen LogP contribution is -1.83. The Balaban J connectivity index is 1.96. The van der Waals surface area contributed by atoms with Crippen LogP contribution in [0.4, 0.5) is 0 Å². The van der Waals surface area contributed by atoms with Crippen LogP contribution in [0.25, 0.3) is 32.9 Å². The van der Waals surface area contributed by atoms with Gasteiger partial charge < -0.3 is 9.72 Å². The number of benzene rings is 2. The third-order valence-electron chi connectivity index (χ3n) is 4.11. The summed E-state index contributed by atoms with van der Waals surface area (Å²) in [5.41, 5.74) is 5.61. The summed E-state index contributed by atoms with van der Waals surface area (Å²) in [6, 6.07) is 16.7. The van der Waals surface area contributed by atoms with Crippen LogP contribution in [0.3, 0.4) is 0 Å². The van der Waals surface area contributed by atoms with Gasteiger partial charge in [0, 0.05) is 22.5 Å². The molecule has 0 saturated carbocycles. The third kappa shape index (κ3) is 1.94. The number of hydrogen-bond acceptors (Lipinski definition) is 2. The normalized spacial score (nSPS) is 11.2. The van der Waals surface area contributed by atoms with E-state index in [1.165, 1.54) is 16.3 Å². The maximum atomic E-state index is 5.32. The summed E-state index contributed by atoms with van der Waals surface area (Å²) in [5, 5.41) is 2.44. The lowest BCUT2D eigenvalue weighted by molar-refractivity contribution is 0.415. The molecule has 0 radical (unpaired) electrons. The quantitative estimate of drug-likeness (QED) is 0.580. The number of aromatic amines is 1. The number of pyridine rings is 1. The van der Waals surface area contributed by atoms with E-state index in [4.69, 9.17) is 4.74 Å². The van der Waals surface area contributed by atoms with Gasteiger partial charge in [-0.1, -0.05) is 18.2 Å². The van der Waals surface area contributed by atoms with Crippen LogP contribution in [-0.4, -0.2) is 17.1 Å². The van der Waals surface area contributed by atoms with Crippen molar-refractivity contribution in [3.05, 3.63) is 60.4 Å². The fourth-order valence-electron chi connectivity index (χ4n) is 2.94. The summed E-state index contributed by atoms with van der Waals surface area (Å²) in [7, 11) is 1.69. The van der Waals surface area contributed by atoms with Crippen LogP contribution in [-0.2, 0) is 0 Å². The highest BCUT2D eigenvalue weighted by Crippen LogP contribution is 2.31. The van der Waals surface area contributed by atoms with Crippen LogP contribution in [0.15, 0.2) is 54.7 Å². The molecule has 2 heterocycles. The van der Waals surface area contributed by atoms with Gasteiger partial charge in [0.05, 0.1) is 18.3 Å². The number of rotatable bonds is 2. The molecule has 4 aromatic rings. The summed E-state index contributed by atoms with van der Waals surface area (Å²) < 4.78 is 5.32. The molecule has 22 heavy (non-hydrogen) atoms. The van der Waals surface area contributed by atoms with E-state index >= 15 is 0 Å². The van der Waals surface area contributed by atoms with E-state index in [0.29, 0.717) is 0 Å². The molecule has 0 bridgehead atoms. The highest BCUT2D eigenvalue weighted by Gasteiger charge is 2.08. The van der Waals surface area contributed by atoms with E-state index in [-0.39, 0.29) is 0 Å². The molecule has 0 aliphatic rings. The summed E-state index contributed by atoms with van der Waals surface area (Å²) in [6.45, 7) is 2.03. The molecule has 0 unspecified atom stereocenters. The number of methoxy groups -OCH3 is 1. The van der Waals surface area contributed by atoms with Gasteiger partial charge in [0.1, 0.15) is 5.75 Å². The minimum atomic E-state index is 0.872. The third-order valence-corrected chi connectivity index (χ3v) is 4.11. The molecule has 0 amide bonds. The van der Waals surface area contributed by atoms with E-state index < -0.39 is 0 Å². The van der Waals surface area contributed by atoms with Crippen molar-refractivity contribution in [1.82, 2.24) is 9.97 Å². The van der Waals surface area contributed by atoms with Crippen molar-refractivity contribution in [3.63, 3.8) is 0 Å². The average Bonchev–Trinajstić information content (AvgIpc) is 2.94. The van der Waals surface area contributed by atoms with E-state index in [0.717, 1.165) is 28.0 Å². The highest BCUT2D eigenvalue weighted by molar-refractivity contribution is 6.09. The van der Waals surface area contributed by atoms with Crippen molar-refractivity contribution in [2.45, 2.75) is 6.92 Å². The molecule has 0 atom stereocenters. The predicted octanol–water partition coefficient (Wildman–Crippen LogP) is 4.70. The van der Waals surface area contributed by atoms with Gasteiger partial charge in [0.15, 0.2) is 0 Å². The van der Waals surface area contributed by atoms with Crippen LogP contribution in [0.1, 0.15) is 5.69 Å². The molecule has 1 N–H and O–H groups in total. The summed E-state index contributed by atoms with van der Waals surface area (Å²) in [6.07, 6.45) is 1.86. The molecule has 2 aromatic carbocycles. The zero-order valence-corrected chi connectivity index (χ0v) is 12.6. The van der Waals surface area contributed by atoms with E-state index in [1.54, 1.807) is 7.11 Å². The van der Waals surface area contributed by atoms with Crippen LogP contribution >= 0.6 is 0 Å². The minimum absolute atomic E-state index is 0.872. The Hall–Kier alpha value is -2.81. The van der Waals surface area contributed by atoms with Crippen molar-refractivity contribution in [1.29, 1.82) is 0 Å². The second-order valence-electron chi connectivity index (χ2n) is 5.44. The number of H-pyrrole nitrogens is 1. The van der Waals surface area contributed by atoms with Crippen LogP contribution in [0.5, 0.6) is 5.75 Å². The van der Waals surface area contributed by atoms with E-state index in [9.17, 15) is 0 Å². The Morgan fingerprint density at radius 2 is 1.82 bits per heavy atom. The average molecular weight is 288 g/mol. The number of hydrogen-bond donors (Lipinski definition) is 1. The Morgan fingerprint density at radius 1 is 0.955 bits per heavy atom. The molecule has 0 fully saturated rings. The van der Waals surface area contributed by atoms with Crippen LogP contribution in [0.2, 0.25) is 0 Å². The molecule has 0 aliphatic carbocycles. The van der Waals surface area contributed by atoms with Gasteiger partial charge >= 0.3 is 0 Å². The summed E-state index contributed by atoms with van der Waals surface area (Å²) in [5.74, 6) is 0.872. The Labute approximate surface area is 128 Å². The number of nitrogens with one attached hydrogen (secondary N) is 1. The minimum Gasteiger partial charge on any atom is -0.497 e. The number of fused-ring (bicyclic) bond motifs is 3. The molecule has 2 aromatic heterocycles. The smallest absolute Gasteiger partial charge is 0.119 e. The molecule has 3 nitrogen and oxygen atoms in total. The van der Waals surface area contributed by atoms with Crippen molar-refractivity contribution in [2.24, 2.45) is 0 Å². The number of ether oxygens (including phenoxy) is 1. The maximum absolute atomic E-state index is 5.32. The van der Waals surface area contributed by atoms with Gasteiger partial charge in [-0.2, -0.15) is 0 Å². The largest absolute Gasteiger partial charge is 0.497 e. The molecule has 0 aliphatic heterocycles. The van der Waals surface area contributed by atoms with Crippen molar-refractivity contribution in [3.8, 4) is 16.9 Å². The van der Waals surface area contributed by atoms with Gasteiger partial charge in [-0.05, 0) is 48.4 Å². The summed E-state index contributed by atoms with van der Waals surface area (Å²) >= 11 is 0. The predicted molar refractivity (Wildman–Crippen MR) is 90.3 cm³/mol. The van der Waals surface area contributed by atoms with Gasteiger partial charge in [-0.3, -0.25) is 4.98 Å². The van der Waals surface area contributed by atoms with Gasteiger partial charge in [0.25, 0.3) is 0 Å². The van der Waals surface area contributed by atoms with Gasteiger partial charge in [-0.15, -0.1) is 0 Å². The first kappa shape index (κ1) is 12.9. The van der Waals surface area contributed by atoms with Crippen molar-refractivity contribution < 1.29 is 4.74 Å². The zero-order valence-electron chi connectivity index (χ0n) is 12.6. The van der Waals surface area contributed by atoms with Crippen LogP contribution in [0, 0.1) is 6.92 Å². The van der Waals surface area contributed by atoms with Gasteiger partial charge in [0.2, 0.25) is 0 Å². The van der Waals surface area contributed by atoms with Crippen LogP contribution < -0.4 is 4.74 Å². The fourth-order valence-corrected chi connectivity index (χ4v) is 2.94. The number of nitrogens with zero attached hydrogens (tertiary/aromatic N) is 1. The first-order valence-corrected chi connectivity index (χ1v) is 7.28. The van der Waals surface area contributed by atoms with Crippen molar-refractivity contribution in [2.75, 3.05) is 7.11 Å².